The van der Waals surface area contributed by atoms with Crippen LogP contribution < -0.4 is 0 Å². The Morgan fingerprint density at radius 2 is 1.91 bits per heavy atom. The van der Waals surface area contributed by atoms with Crippen molar-refractivity contribution in [2.24, 2.45) is 11.8 Å². The van der Waals surface area contributed by atoms with Crippen LogP contribution >= 0.6 is 0 Å². The summed E-state index contributed by atoms with van der Waals surface area (Å²) in [4.78, 5) is 18.6. The number of hydrogen-bond donors (Lipinski definition) is 2. The summed E-state index contributed by atoms with van der Waals surface area (Å²) in [6.45, 7) is 4.16. The quantitative estimate of drug-likeness (QED) is 0.845. The Morgan fingerprint density at radius 3 is 2.50 bits per heavy atom. The normalized spacial score (nSPS) is 31.3. The highest BCUT2D eigenvalue weighted by atomic mass is 16.3. The molecule has 1 saturated heterocycles. The fourth-order valence-electron chi connectivity index (χ4n) is 3.84. The van der Waals surface area contributed by atoms with E-state index in [0.29, 0.717) is 37.6 Å². The Hall–Kier alpha value is -1.40. The molecule has 1 aliphatic heterocycles. The van der Waals surface area contributed by atoms with Crippen LogP contribution in [0.15, 0.2) is 12.4 Å². The largest absolute Gasteiger partial charge is 0.390 e. The first-order valence-electron chi connectivity index (χ1n) is 8.22. The van der Waals surface area contributed by atoms with Gasteiger partial charge in [0.2, 0.25) is 5.91 Å². The second-order valence-electron chi connectivity index (χ2n) is 6.57. The number of fused-ring (bicyclic) bond motifs is 1. The molecule has 4 atom stereocenters. The van der Waals surface area contributed by atoms with Gasteiger partial charge < -0.3 is 19.7 Å². The van der Waals surface area contributed by atoms with Crippen LogP contribution in [0.4, 0.5) is 0 Å². The van der Waals surface area contributed by atoms with Crippen LogP contribution in [0.25, 0.3) is 0 Å². The lowest BCUT2D eigenvalue weighted by molar-refractivity contribution is -0.130. The zero-order chi connectivity index (χ0) is 15.7. The SMILES string of the molecule is CCc1nccn1CCC(=O)N1C[C@H]2C[C@H](O)[C@@H](O)C[C@H]2C1. The van der Waals surface area contributed by atoms with Crippen LogP contribution in [0.2, 0.25) is 0 Å². The first kappa shape index (κ1) is 15.5. The van der Waals surface area contributed by atoms with Gasteiger partial charge in [0.15, 0.2) is 0 Å². The number of hydrogen-bond acceptors (Lipinski definition) is 4. The van der Waals surface area contributed by atoms with E-state index in [1.807, 2.05) is 15.7 Å². The molecule has 1 aromatic rings. The van der Waals surface area contributed by atoms with Crippen LogP contribution in [0.3, 0.4) is 0 Å². The first-order valence-corrected chi connectivity index (χ1v) is 8.22. The summed E-state index contributed by atoms with van der Waals surface area (Å²) in [7, 11) is 0. The standard InChI is InChI=1S/C16H25N3O3/c1-2-15-17-4-6-18(15)5-3-16(22)19-9-11-7-13(20)14(21)8-12(11)10-19/h4,6,11-14,20-21H,2-3,5,7-10H2,1H3/t11-,12+,13-,14-/m0/s1. The summed E-state index contributed by atoms with van der Waals surface area (Å²) in [6, 6.07) is 0. The molecule has 2 fully saturated rings. The number of nitrogens with zero attached hydrogens (tertiary/aromatic N) is 3. The third-order valence-corrected chi connectivity index (χ3v) is 5.15. The molecule has 0 bridgehead atoms. The molecular weight excluding hydrogens is 282 g/mol. The summed E-state index contributed by atoms with van der Waals surface area (Å²) in [5, 5.41) is 19.5. The van der Waals surface area contributed by atoms with Gasteiger partial charge in [0, 0.05) is 44.9 Å². The third kappa shape index (κ3) is 3.03. The minimum absolute atomic E-state index is 0.161. The molecule has 0 unspecified atom stereocenters. The molecule has 0 aromatic carbocycles. The van der Waals surface area contributed by atoms with Crippen molar-refractivity contribution in [1.82, 2.24) is 14.5 Å². The molecule has 1 saturated carbocycles. The van der Waals surface area contributed by atoms with Gasteiger partial charge in [-0.05, 0) is 24.7 Å². The summed E-state index contributed by atoms with van der Waals surface area (Å²) in [6.07, 6.45) is 5.00. The predicted octanol–water partition coefficient (Wildman–Crippen LogP) is 0.426. The average Bonchev–Trinajstić information content (AvgIpc) is 3.11. The number of aromatic nitrogens is 2. The van der Waals surface area contributed by atoms with Crippen molar-refractivity contribution in [3.63, 3.8) is 0 Å². The fourth-order valence-corrected chi connectivity index (χ4v) is 3.84. The molecular formula is C16H25N3O3. The lowest BCUT2D eigenvalue weighted by Gasteiger charge is -2.31. The maximum Gasteiger partial charge on any atom is 0.224 e. The molecule has 3 rings (SSSR count). The Kier molecular flexibility index (Phi) is 4.49. The molecule has 2 N–H and O–H groups in total. The van der Waals surface area contributed by atoms with Crippen molar-refractivity contribution in [2.75, 3.05) is 13.1 Å². The van der Waals surface area contributed by atoms with Gasteiger partial charge in [0.25, 0.3) is 0 Å². The number of rotatable bonds is 4. The van der Waals surface area contributed by atoms with Crippen LogP contribution in [-0.2, 0) is 17.8 Å². The predicted molar refractivity (Wildman–Crippen MR) is 81.0 cm³/mol. The Morgan fingerprint density at radius 1 is 1.27 bits per heavy atom. The van der Waals surface area contributed by atoms with Gasteiger partial charge in [-0.3, -0.25) is 4.79 Å². The van der Waals surface area contributed by atoms with Crippen molar-refractivity contribution in [3.8, 4) is 0 Å². The van der Waals surface area contributed by atoms with E-state index in [1.54, 1.807) is 6.20 Å². The van der Waals surface area contributed by atoms with Gasteiger partial charge in [0.05, 0.1) is 12.2 Å². The minimum Gasteiger partial charge on any atom is -0.390 e. The minimum atomic E-state index is -0.630. The number of amides is 1. The van der Waals surface area contributed by atoms with Gasteiger partial charge in [-0.2, -0.15) is 0 Å². The van der Waals surface area contributed by atoms with Gasteiger partial charge >= 0.3 is 0 Å². The van der Waals surface area contributed by atoms with E-state index in [-0.39, 0.29) is 5.91 Å². The van der Waals surface area contributed by atoms with Gasteiger partial charge in [-0.15, -0.1) is 0 Å². The second kappa shape index (κ2) is 6.38. The van der Waals surface area contributed by atoms with Crippen molar-refractivity contribution in [2.45, 2.75) is 51.4 Å². The third-order valence-electron chi connectivity index (χ3n) is 5.15. The molecule has 2 heterocycles. The van der Waals surface area contributed by atoms with E-state index in [0.717, 1.165) is 25.3 Å². The Bertz CT molecular complexity index is 512. The van der Waals surface area contributed by atoms with Crippen LogP contribution in [-0.4, -0.2) is 55.9 Å². The Balaban J connectivity index is 1.53. The maximum atomic E-state index is 12.4. The van der Waals surface area contributed by atoms with E-state index in [2.05, 4.69) is 11.9 Å². The van der Waals surface area contributed by atoms with Crippen LogP contribution in [0.1, 0.15) is 32.0 Å². The monoisotopic (exact) mass is 307 g/mol. The molecule has 6 nitrogen and oxygen atoms in total. The number of aliphatic hydroxyl groups is 2. The van der Waals surface area contributed by atoms with E-state index in [1.165, 1.54) is 0 Å². The van der Waals surface area contributed by atoms with Crippen LogP contribution in [0, 0.1) is 11.8 Å². The number of likely N-dealkylation sites (tertiary alicyclic amines) is 1. The summed E-state index contributed by atoms with van der Waals surface area (Å²) in [5.74, 6) is 1.84. The second-order valence-corrected chi connectivity index (χ2v) is 6.57. The van der Waals surface area contributed by atoms with E-state index in [9.17, 15) is 15.0 Å². The summed E-state index contributed by atoms with van der Waals surface area (Å²) >= 11 is 0. The topological polar surface area (TPSA) is 78.6 Å². The highest BCUT2D eigenvalue weighted by Gasteiger charge is 2.42. The zero-order valence-corrected chi connectivity index (χ0v) is 13.1. The van der Waals surface area contributed by atoms with Gasteiger partial charge in [-0.25, -0.2) is 4.98 Å². The lowest BCUT2D eigenvalue weighted by Crippen LogP contribution is -2.38. The van der Waals surface area contributed by atoms with Gasteiger partial charge in [-0.1, -0.05) is 6.92 Å². The smallest absolute Gasteiger partial charge is 0.224 e. The average molecular weight is 307 g/mol. The summed E-state index contributed by atoms with van der Waals surface area (Å²) < 4.78 is 2.04. The molecule has 6 heteroatoms. The highest BCUT2D eigenvalue weighted by molar-refractivity contribution is 5.76. The number of aliphatic hydroxyl groups excluding tert-OH is 2. The van der Waals surface area contributed by atoms with Crippen molar-refractivity contribution in [3.05, 3.63) is 18.2 Å². The van der Waals surface area contributed by atoms with Crippen molar-refractivity contribution in [1.29, 1.82) is 0 Å². The van der Waals surface area contributed by atoms with Crippen molar-refractivity contribution < 1.29 is 15.0 Å². The Labute approximate surface area is 130 Å². The number of imidazole rings is 1. The molecule has 2 aliphatic rings. The number of aryl methyl sites for hydroxylation is 2. The maximum absolute atomic E-state index is 12.4. The molecule has 0 radical (unpaired) electrons. The van der Waals surface area contributed by atoms with Crippen LogP contribution in [0.5, 0.6) is 0 Å². The molecule has 1 aliphatic carbocycles. The fraction of sp³-hybridized carbons (Fsp3) is 0.750. The molecule has 122 valence electrons. The molecule has 22 heavy (non-hydrogen) atoms. The van der Waals surface area contributed by atoms with Gasteiger partial charge in [0.1, 0.15) is 5.82 Å². The van der Waals surface area contributed by atoms with E-state index >= 15 is 0 Å². The molecule has 1 amide bonds. The number of carbonyl (C=O) groups excluding carboxylic acids is 1. The first-order chi connectivity index (χ1) is 10.6. The van der Waals surface area contributed by atoms with E-state index in [4.69, 9.17) is 0 Å². The van der Waals surface area contributed by atoms with E-state index < -0.39 is 12.2 Å². The van der Waals surface area contributed by atoms with Crippen molar-refractivity contribution >= 4 is 5.91 Å². The zero-order valence-electron chi connectivity index (χ0n) is 13.1. The lowest BCUT2D eigenvalue weighted by atomic mass is 9.79. The molecule has 1 aromatic heterocycles. The summed E-state index contributed by atoms with van der Waals surface area (Å²) in [5.41, 5.74) is 0. The number of carbonyl (C=O) groups is 1. The molecule has 0 spiro atoms. The highest BCUT2D eigenvalue weighted by Crippen LogP contribution is 2.36.